The molecule has 0 saturated carbocycles. The Morgan fingerprint density at radius 1 is 1.02 bits per heavy atom. The number of nitrogens with two attached hydrogens (primary N) is 2. The van der Waals surface area contributed by atoms with Gasteiger partial charge < -0.3 is 36.7 Å². The van der Waals surface area contributed by atoms with E-state index in [0.29, 0.717) is 22.4 Å². The number of aromatic nitrogens is 2. The van der Waals surface area contributed by atoms with Crippen LogP contribution in [0.3, 0.4) is 0 Å². The van der Waals surface area contributed by atoms with Crippen LogP contribution in [0, 0.1) is 0 Å². The highest BCUT2D eigenvalue weighted by Gasteiger charge is 2.17. The van der Waals surface area contributed by atoms with Crippen molar-refractivity contribution in [2.45, 2.75) is 39.6 Å². The van der Waals surface area contributed by atoms with Crippen LogP contribution in [0.25, 0.3) is 11.3 Å². The summed E-state index contributed by atoms with van der Waals surface area (Å²) in [6.07, 6.45) is 0.538. The van der Waals surface area contributed by atoms with Crippen molar-refractivity contribution >= 4 is 35.3 Å². The number of amidine groups is 1. The Morgan fingerprint density at radius 3 is 2.45 bits per heavy atom. The molecule has 0 fully saturated rings. The molecule has 0 aliphatic heterocycles. The summed E-state index contributed by atoms with van der Waals surface area (Å²) in [5.41, 5.74) is 13.9. The van der Waals surface area contributed by atoms with E-state index in [1.54, 1.807) is 55.6 Å². The first kappa shape index (κ1) is 33.7. The summed E-state index contributed by atoms with van der Waals surface area (Å²) in [4.78, 5) is 58.2. The standard InChI is InChI=1S/C33H35N7O7/c1-19(2)38-30-31(42)40(27(16-37-30)23-12-24(32(43)44)14-25(34)13-23)17-28(41)36-15-20-7-9-22(10-8-20)29(35)39-33(45)47-18-21-5-4-6-26(11-21)46-3/h4-14,16,19H,15,17-18,34H2,1-3H3,(H,36,41)(H,37,38)(H,43,44)(H2,35,39,45). The Bertz CT molecular complexity index is 1870. The fourth-order valence-electron chi connectivity index (χ4n) is 4.47. The van der Waals surface area contributed by atoms with E-state index >= 15 is 0 Å². The molecule has 14 nitrogen and oxygen atoms in total. The molecule has 0 atom stereocenters. The average molecular weight is 642 g/mol. The Labute approximate surface area is 270 Å². The summed E-state index contributed by atoms with van der Waals surface area (Å²) >= 11 is 0. The van der Waals surface area contributed by atoms with Crippen LogP contribution < -0.4 is 32.4 Å². The fourth-order valence-corrected chi connectivity index (χ4v) is 4.47. The van der Waals surface area contributed by atoms with Gasteiger partial charge in [-0.05, 0) is 55.3 Å². The third-order valence-corrected chi connectivity index (χ3v) is 6.73. The summed E-state index contributed by atoms with van der Waals surface area (Å²) in [6, 6.07) is 17.8. The lowest BCUT2D eigenvalue weighted by Crippen LogP contribution is -2.35. The van der Waals surface area contributed by atoms with Crippen molar-refractivity contribution in [2.75, 3.05) is 18.2 Å². The number of aromatic carboxylic acids is 1. The van der Waals surface area contributed by atoms with Gasteiger partial charge in [0.2, 0.25) is 5.91 Å². The van der Waals surface area contributed by atoms with Gasteiger partial charge in [-0.2, -0.15) is 4.99 Å². The highest BCUT2D eigenvalue weighted by Crippen LogP contribution is 2.23. The molecule has 0 bridgehead atoms. The number of aliphatic imine (C=N–C) groups is 1. The number of nitrogen functional groups attached to an aromatic ring is 1. The number of ether oxygens (including phenoxy) is 2. The van der Waals surface area contributed by atoms with Gasteiger partial charge in [-0.15, -0.1) is 0 Å². The van der Waals surface area contributed by atoms with Gasteiger partial charge >= 0.3 is 12.1 Å². The predicted octanol–water partition coefficient (Wildman–Crippen LogP) is 3.38. The second-order valence-corrected chi connectivity index (χ2v) is 10.7. The second-order valence-electron chi connectivity index (χ2n) is 10.7. The highest BCUT2D eigenvalue weighted by molar-refractivity contribution is 6.02. The number of carboxylic acid groups (broad SMARTS) is 1. The largest absolute Gasteiger partial charge is 0.497 e. The van der Waals surface area contributed by atoms with Crippen LogP contribution in [0.1, 0.15) is 40.9 Å². The Morgan fingerprint density at radius 2 is 1.77 bits per heavy atom. The van der Waals surface area contributed by atoms with E-state index in [-0.39, 0.29) is 54.3 Å². The molecule has 0 saturated heterocycles. The summed E-state index contributed by atoms with van der Waals surface area (Å²) < 4.78 is 11.5. The molecule has 244 valence electrons. The van der Waals surface area contributed by atoms with E-state index in [9.17, 15) is 24.3 Å². The van der Waals surface area contributed by atoms with Crippen molar-refractivity contribution in [3.8, 4) is 17.0 Å². The summed E-state index contributed by atoms with van der Waals surface area (Å²) in [5, 5.41) is 15.2. The number of carbonyl (C=O) groups excluding carboxylic acids is 2. The lowest BCUT2D eigenvalue weighted by Gasteiger charge is -2.16. The molecular formula is C33H35N7O7. The van der Waals surface area contributed by atoms with Crippen molar-refractivity contribution in [2.24, 2.45) is 10.7 Å². The molecule has 0 unspecified atom stereocenters. The molecule has 0 aliphatic rings. The zero-order chi connectivity index (χ0) is 34.1. The number of rotatable bonds is 12. The molecular weight excluding hydrogens is 606 g/mol. The van der Waals surface area contributed by atoms with Gasteiger partial charge in [-0.25, -0.2) is 14.6 Å². The quantitative estimate of drug-likeness (QED) is 0.0859. The van der Waals surface area contributed by atoms with Crippen molar-refractivity contribution < 1.29 is 29.0 Å². The molecule has 4 rings (SSSR count). The summed E-state index contributed by atoms with van der Waals surface area (Å²) in [6.45, 7) is 3.41. The zero-order valence-corrected chi connectivity index (χ0v) is 26.0. The molecule has 7 N–H and O–H groups in total. The number of benzene rings is 3. The number of anilines is 2. The molecule has 4 aromatic rings. The first-order valence-corrected chi connectivity index (χ1v) is 14.4. The third-order valence-electron chi connectivity index (χ3n) is 6.73. The van der Waals surface area contributed by atoms with Crippen molar-refractivity contribution in [1.29, 1.82) is 0 Å². The minimum atomic E-state index is -1.19. The summed E-state index contributed by atoms with van der Waals surface area (Å²) in [5.74, 6) is -1.05. The molecule has 1 heterocycles. The molecule has 14 heteroatoms. The van der Waals surface area contributed by atoms with E-state index in [1.165, 1.54) is 29.0 Å². The van der Waals surface area contributed by atoms with E-state index in [1.807, 2.05) is 13.8 Å². The maximum Gasteiger partial charge on any atom is 0.435 e. The van der Waals surface area contributed by atoms with Gasteiger partial charge in [0.05, 0.1) is 24.6 Å². The maximum atomic E-state index is 13.4. The molecule has 0 radical (unpaired) electrons. The Kier molecular flexibility index (Phi) is 10.9. The van der Waals surface area contributed by atoms with Crippen LogP contribution in [0.2, 0.25) is 0 Å². The van der Waals surface area contributed by atoms with Gasteiger partial charge in [0.1, 0.15) is 24.7 Å². The smallest absolute Gasteiger partial charge is 0.435 e. The van der Waals surface area contributed by atoms with Gasteiger partial charge in [-0.3, -0.25) is 14.2 Å². The molecule has 3 aromatic carbocycles. The fraction of sp³-hybridized carbons (Fsp3) is 0.212. The number of nitrogens with one attached hydrogen (secondary N) is 2. The zero-order valence-electron chi connectivity index (χ0n) is 26.0. The predicted molar refractivity (Wildman–Crippen MR) is 176 cm³/mol. The van der Waals surface area contributed by atoms with Crippen molar-refractivity contribution in [1.82, 2.24) is 14.9 Å². The number of hydrogen-bond donors (Lipinski definition) is 5. The maximum absolute atomic E-state index is 13.4. The Hall–Kier alpha value is -6.18. The number of methoxy groups -OCH3 is 1. The normalized spacial score (nSPS) is 11.2. The van der Waals surface area contributed by atoms with E-state index < -0.39 is 23.5 Å². The number of nitrogens with zero attached hydrogens (tertiary/aromatic N) is 3. The van der Waals surface area contributed by atoms with Crippen LogP contribution in [0.4, 0.5) is 16.3 Å². The minimum absolute atomic E-state index is 0.00309. The highest BCUT2D eigenvalue weighted by atomic mass is 16.5. The monoisotopic (exact) mass is 641 g/mol. The van der Waals surface area contributed by atoms with E-state index in [2.05, 4.69) is 20.6 Å². The van der Waals surface area contributed by atoms with Crippen LogP contribution in [0.5, 0.6) is 5.75 Å². The average Bonchev–Trinajstić information content (AvgIpc) is 3.04. The van der Waals surface area contributed by atoms with Crippen molar-refractivity contribution in [3.63, 3.8) is 0 Å². The van der Waals surface area contributed by atoms with Gasteiger partial charge in [-0.1, -0.05) is 36.4 Å². The Balaban J connectivity index is 1.43. The lowest BCUT2D eigenvalue weighted by atomic mass is 10.1. The first-order chi connectivity index (χ1) is 22.4. The number of amides is 2. The molecule has 1 aromatic heterocycles. The second kappa shape index (κ2) is 15.2. The molecule has 47 heavy (non-hydrogen) atoms. The topological polar surface area (TPSA) is 213 Å². The number of carboxylic acids is 1. The molecule has 0 spiro atoms. The van der Waals surface area contributed by atoms with E-state index in [4.69, 9.17) is 20.9 Å². The van der Waals surface area contributed by atoms with Crippen LogP contribution in [-0.4, -0.2) is 51.6 Å². The van der Waals surface area contributed by atoms with Crippen molar-refractivity contribution in [3.05, 3.63) is 106 Å². The number of carbonyl (C=O) groups is 3. The SMILES string of the molecule is COc1cccc(COC(=O)N=C(N)c2ccc(CNC(=O)Cn3c(-c4cc(N)cc(C(=O)O)c4)cnc(NC(C)C)c3=O)cc2)c1. The molecule has 0 aliphatic carbocycles. The minimum Gasteiger partial charge on any atom is -0.497 e. The van der Waals surface area contributed by atoms with Crippen LogP contribution in [-0.2, 0) is 29.2 Å². The van der Waals surface area contributed by atoms with Gasteiger partial charge in [0.15, 0.2) is 5.82 Å². The van der Waals surface area contributed by atoms with Gasteiger partial charge in [0, 0.05) is 29.4 Å². The van der Waals surface area contributed by atoms with Gasteiger partial charge in [0.25, 0.3) is 5.56 Å². The third kappa shape index (κ3) is 9.17. The molecule has 2 amide bonds. The van der Waals surface area contributed by atoms with Crippen LogP contribution >= 0.6 is 0 Å². The van der Waals surface area contributed by atoms with E-state index in [0.717, 1.165) is 5.56 Å². The lowest BCUT2D eigenvalue weighted by molar-refractivity contribution is -0.121. The summed E-state index contributed by atoms with van der Waals surface area (Å²) in [7, 11) is 1.54. The van der Waals surface area contributed by atoms with Crippen LogP contribution in [0.15, 0.2) is 82.7 Å². The first-order valence-electron chi connectivity index (χ1n) is 14.4. The number of hydrogen-bond acceptors (Lipinski definition) is 9.